The Kier molecular flexibility index (Phi) is 3.64. The van der Waals surface area contributed by atoms with Crippen LogP contribution in [0.25, 0.3) is 44.4 Å². The number of hydrogen-bond donors (Lipinski definition) is 0. The van der Waals surface area contributed by atoms with Crippen molar-refractivity contribution < 1.29 is 0 Å². The molecule has 0 unspecified atom stereocenters. The molecule has 0 atom stereocenters. The smallest absolute Gasteiger partial charge is 0.0608 e. The normalized spacial score (nSPS) is 15.6. The molecule has 5 rings (SSSR count). The summed E-state index contributed by atoms with van der Waals surface area (Å²) in [5.74, 6) is 0. The van der Waals surface area contributed by atoms with Gasteiger partial charge in [0.15, 0.2) is 0 Å². The van der Waals surface area contributed by atoms with Gasteiger partial charge in [-0.25, -0.2) is 0 Å². The monoisotopic (exact) mass is 350 g/mol. The van der Waals surface area contributed by atoms with Crippen molar-refractivity contribution in [2.45, 2.75) is 13.3 Å². The van der Waals surface area contributed by atoms with E-state index in [2.05, 4.69) is 108 Å². The van der Waals surface area contributed by atoms with Crippen LogP contribution < -0.4 is 5.35 Å². The fourth-order valence-corrected chi connectivity index (χ4v) is 4.22. The van der Waals surface area contributed by atoms with E-state index < -0.39 is 0 Å². The number of benzene rings is 2. The lowest BCUT2D eigenvalue weighted by Gasteiger charge is -2.09. The van der Waals surface area contributed by atoms with Crippen molar-refractivity contribution in [1.82, 2.24) is 9.13 Å². The van der Waals surface area contributed by atoms with E-state index in [-0.39, 0.29) is 0 Å². The highest BCUT2D eigenvalue weighted by Gasteiger charge is 2.15. The number of nitrogens with zero attached hydrogens (tertiary/aromatic N) is 2. The van der Waals surface area contributed by atoms with Crippen LogP contribution in [0.3, 0.4) is 0 Å². The number of rotatable bonds is 2. The lowest BCUT2D eigenvalue weighted by molar-refractivity contribution is 0.937. The van der Waals surface area contributed by atoms with Crippen LogP contribution in [0, 0.1) is 0 Å². The van der Waals surface area contributed by atoms with Gasteiger partial charge in [0.1, 0.15) is 0 Å². The van der Waals surface area contributed by atoms with Gasteiger partial charge >= 0.3 is 0 Å². The molecular weight excluding hydrogens is 328 g/mol. The second kappa shape index (κ2) is 6.17. The molecule has 0 saturated carbocycles. The molecule has 1 aliphatic carbocycles. The molecule has 1 aliphatic rings. The van der Waals surface area contributed by atoms with E-state index >= 15 is 0 Å². The first-order valence-electron chi connectivity index (χ1n) is 9.47. The predicted octanol–water partition coefficient (Wildman–Crippen LogP) is 5.72. The Labute approximate surface area is 158 Å². The Hall–Kier alpha value is -3.26. The van der Waals surface area contributed by atoms with Gasteiger partial charge in [-0.2, -0.15) is 0 Å². The maximum Gasteiger partial charge on any atom is 0.0608 e. The molecule has 0 bridgehead atoms. The number of allylic oxidation sites excluding steroid dienone is 8. The lowest BCUT2D eigenvalue weighted by Crippen LogP contribution is -2.11. The first-order valence-corrected chi connectivity index (χ1v) is 9.47. The summed E-state index contributed by atoms with van der Waals surface area (Å²) in [7, 11) is 2.16. The zero-order valence-electron chi connectivity index (χ0n) is 15.7. The molecule has 2 heterocycles. The van der Waals surface area contributed by atoms with E-state index in [4.69, 9.17) is 0 Å². The summed E-state index contributed by atoms with van der Waals surface area (Å²) in [5, 5.41) is 6.49. The van der Waals surface area contributed by atoms with Gasteiger partial charge in [0.05, 0.1) is 11.0 Å². The van der Waals surface area contributed by atoms with E-state index in [1.54, 1.807) is 0 Å². The van der Waals surface area contributed by atoms with E-state index in [1.807, 2.05) is 0 Å². The number of hydrogen-bond acceptors (Lipinski definition) is 0. The molecule has 0 radical (unpaired) electrons. The Morgan fingerprint density at radius 2 is 1.96 bits per heavy atom. The molecule has 2 heteroatoms. The Morgan fingerprint density at radius 3 is 2.85 bits per heavy atom. The summed E-state index contributed by atoms with van der Waals surface area (Å²) in [6, 6.07) is 11.2. The molecule has 132 valence electrons. The van der Waals surface area contributed by atoms with E-state index in [0.29, 0.717) is 0 Å². The Morgan fingerprint density at radius 1 is 1.07 bits per heavy atom. The van der Waals surface area contributed by atoms with E-state index in [0.717, 1.165) is 6.42 Å². The molecule has 0 fully saturated rings. The fraction of sp³-hybridized carbons (Fsp3) is 0.120. The zero-order chi connectivity index (χ0) is 18.4. The highest BCUT2D eigenvalue weighted by molar-refractivity contribution is 6.21. The summed E-state index contributed by atoms with van der Waals surface area (Å²) < 4.78 is 4.63. The topological polar surface area (TPSA) is 9.86 Å². The van der Waals surface area contributed by atoms with Crippen molar-refractivity contribution in [3.05, 3.63) is 84.4 Å². The maximum atomic E-state index is 2.32. The molecule has 0 saturated heterocycles. The molecule has 2 aromatic carbocycles. The van der Waals surface area contributed by atoms with Crippen LogP contribution in [0.2, 0.25) is 0 Å². The third-order valence-electron chi connectivity index (χ3n) is 5.47. The summed E-state index contributed by atoms with van der Waals surface area (Å²) in [6.07, 6.45) is 20.5. The predicted molar refractivity (Wildman–Crippen MR) is 118 cm³/mol. The average molecular weight is 350 g/mol. The maximum absolute atomic E-state index is 2.32. The SMILES string of the molecule is C/C=C\C=c1/c2cccc3c2c(cc2ccn(C4=CC=CCC=C4)c23)n1C. The average Bonchev–Trinajstić information content (AvgIpc) is 3.09. The van der Waals surface area contributed by atoms with Gasteiger partial charge in [-0.1, -0.05) is 48.6 Å². The van der Waals surface area contributed by atoms with Crippen LogP contribution in [0.5, 0.6) is 0 Å². The summed E-state index contributed by atoms with van der Waals surface area (Å²) in [6.45, 7) is 2.05. The molecule has 2 nitrogen and oxygen atoms in total. The van der Waals surface area contributed by atoms with Crippen molar-refractivity contribution in [2.75, 3.05) is 0 Å². The van der Waals surface area contributed by atoms with Crippen molar-refractivity contribution >= 4 is 44.4 Å². The van der Waals surface area contributed by atoms with Gasteiger partial charge in [0.25, 0.3) is 0 Å². The minimum absolute atomic E-state index is 0.984. The van der Waals surface area contributed by atoms with Crippen molar-refractivity contribution in [2.24, 2.45) is 7.05 Å². The summed E-state index contributed by atoms with van der Waals surface area (Å²) in [5.41, 5.74) is 3.77. The second-order valence-corrected chi connectivity index (χ2v) is 7.04. The van der Waals surface area contributed by atoms with Gasteiger partial charge in [-0.05, 0) is 43.7 Å². The Bertz CT molecular complexity index is 1350. The molecule has 0 aliphatic heterocycles. The third-order valence-corrected chi connectivity index (χ3v) is 5.47. The van der Waals surface area contributed by atoms with Crippen LogP contribution >= 0.6 is 0 Å². The lowest BCUT2D eigenvalue weighted by atomic mass is 10.0. The number of aromatic nitrogens is 2. The van der Waals surface area contributed by atoms with Crippen LogP contribution in [0.4, 0.5) is 0 Å². The molecule has 0 amide bonds. The fourth-order valence-electron chi connectivity index (χ4n) is 4.22. The van der Waals surface area contributed by atoms with Crippen LogP contribution in [-0.2, 0) is 7.05 Å². The standard InChI is InChI=1S/C25H22N2/c1-3-4-14-22-20-12-9-13-21-24(20)23(26(22)2)17-18-15-16-27(25(18)21)19-10-7-5-6-8-11-19/h3-5,7-17H,6H2,1-2H3/b4-3-,22-14+. The highest BCUT2D eigenvalue weighted by Crippen LogP contribution is 2.34. The van der Waals surface area contributed by atoms with Crippen LogP contribution in [-0.4, -0.2) is 9.13 Å². The number of fused-ring (bicyclic) bond motifs is 2. The first-order chi connectivity index (χ1) is 13.3. The Balaban J connectivity index is 1.94. The molecule has 4 aromatic rings. The van der Waals surface area contributed by atoms with Crippen molar-refractivity contribution in [3.8, 4) is 0 Å². The van der Waals surface area contributed by atoms with Gasteiger partial charge < -0.3 is 9.13 Å². The van der Waals surface area contributed by atoms with E-state index in [1.165, 1.54) is 43.6 Å². The van der Waals surface area contributed by atoms with Gasteiger partial charge in [0.2, 0.25) is 0 Å². The van der Waals surface area contributed by atoms with Crippen molar-refractivity contribution in [3.63, 3.8) is 0 Å². The zero-order valence-corrected chi connectivity index (χ0v) is 15.7. The molecule has 27 heavy (non-hydrogen) atoms. The third kappa shape index (κ3) is 2.33. The minimum Gasteiger partial charge on any atom is -0.344 e. The van der Waals surface area contributed by atoms with Gasteiger partial charge in [-0.3, -0.25) is 0 Å². The molecular formula is C25H22N2. The first kappa shape index (κ1) is 16.0. The summed E-state index contributed by atoms with van der Waals surface area (Å²) >= 11 is 0. The highest BCUT2D eigenvalue weighted by atomic mass is 15.0. The molecule has 0 N–H and O–H groups in total. The van der Waals surface area contributed by atoms with Gasteiger partial charge in [0, 0.05) is 45.8 Å². The second-order valence-electron chi connectivity index (χ2n) is 7.04. The van der Waals surface area contributed by atoms with Crippen LogP contribution in [0.1, 0.15) is 13.3 Å². The quantitative estimate of drug-likeness (QED) is 0.438. The minimum atomic E-state index is 0.984. The number of aryl methyl sites for hydroxylation is 1. The van der Waals surface area contributed by atoms with Gasteiger partial charge in [-0.15, -0.1) is 0 Å². The van der Waals surface area contributed by atoms with E-state index in [9.17, 15) is 0 Å². The molecule has 2 aromatic heterocycles. The van der Waals surface area contributed by atoms with Crippen molar-refractivity contribution in [1.29, 1.82) is 0 Å². The van der Waals surface area contributed by atoms with Crippen LogP contribution in [0.15, 0.2) is 79.1 Å². The largest absolute Gasteiger partial charge is 0.344 e. The summed E-state index contributed by atoms with van der Waals surface area (Å²) in [4.78, 5) is 0. The molecule has 0 spiro atoms.